The van der Waals surface area contributed by atoms with Gasteiger partial charge in [-0.2, -0.15) is 0 Å². The molecule has 23 heavy (non-hydrogen) atoms. The Morgan fingerprint density at radius 1 is 1.48 bits per heavy atom. The van der Waals surface area contributed by atoms with Crippen LogP contribution < -0.4 is 5.48 Å². The van der Waals surface area contributed by atoms with Crippen molar-refractivity contribution in [2.24, 2.45) is 11.3 Å². The van der Waals surface area contributed by atoms with Crippen LogP contribution in [0, 0.1) is 11.3 Å². The van der Waals surface area contributed by atoms with Crippen LogP contribution in [0.1, 0.15) is 60.6 Å². The minimum atomic E-state index is -0.485. The van der Waals surface area contributed by atoms with Crippen LogP contribution in [-0.4, -0.2) is 33.6 Å². The molecular formula is C18H25N3O2. The second-order valence-electron chi connectivity index (χ2n) is 7.78. The summed E-state index contributed by atoms with van der Waals surface area (Å²) >= 11 is 0. The van der Waals surface area contributed by atoms with Crippen molar-refractivity contribution in [2.75, 3.05) is 6.54 Å². The van der Waals surface area contributed by atoms with E-state index < -0.39 is 5.91 Å². The molecular weight excluding hydrogens is 290 g/mol. The summed E-state index contributed by atoms with van der Waals surface area (Å²) in [5.41, 5.74) is 4.94. The second-order valence-corrected chi connectivity index (χ2v) is 7.78. The van der Waals surface area contributed by atoms with Crippen LogP contribution in [0.2, 0.25) is 0 Å². The number of pyridine rings is 1. The van der Waals surface area contributed by atoms with Crippen LogP contribution in [0.5, 0.6) is 0 Å². The third-order valence-electron chi connectivity index (χ3n) is 6.25. The summed E-state index contributed by atoms with van der Waals surface area (Å²) in [6.45, 7) is 4.33. The smallest absolute Gasteiger partial charge is 0.276 e. The fraction of sp³-hybridized carbons (Fsp3) is 0.667. The van der Waals surface area contributed by atoms with E-state index in [2.05, 4.69) is 16.8 Å². The molecule has 1 atom stereocenters. The molecule has 0 unspecified atom stereocenters. The van der Waals surface area contributed by atoms with Crippen molar-refractivity contribution in [3.8, 4) is 0 Å². The number of hydroxylamine groups is 1. The van der Waals surface area contributed by atoms with Gasteiger partial charge in [-0.3, -0.25) is 19.9 Å². The second kappa shape index (κ2) is 5.56. The Hall–Kier alpha value is -1.46. The van der Waals surface area contributed by atoms with E-state index in [-0.39, 0.29) is 0 Å². The summed E-state index contributed by atoms with van der Waals surface area (Å²) in [5, 5.41) is 8.75. The third-order valence-corrected chi connectivity index (χ3v) is 6.25. The molecule has 2 fully saturated rings. The van der Waals surface area contributed by atoms with Crippen molar-refractivity contribution >= 4 is 5.91 Å². The summed E-state index contributed by atoms with van der Waals surface area (Å²) in [4.78, 5) is 18.7. The molecule has 0 aromatic carbocycles. The van der Waals surface area contributed by atoms with E-state index in [1.165, 1.54) is 32.1 Å². The van der Waals surface area contributed by atoms with Gasteiger partial charge in [0.05, 0.1) is 11.3 Å². The van der Waals surface area contributed by atoms with E-state index >= 15 is 0 Å². The molecule has 3 aliphatic rings. The first-order chi connectivity index (χ1) is 11.1. The number of rotatable bonds is 2. The highest BCUT2D eigenvalue weighted by Crippen LogP contribution is 2.57. The van der Waals surface area contributed by atoms with E-state index in [4.69, 9.17) is 5.21 Å². The Morgan fingerprint density at radius 3 is 3.04 bits per heavy atom. The Kier molecular flexibility index (Phi) is 3.65. The summed E-state index contributed by atoms with van der Waals surface area (Å²) < 4.78 is 0. The van der Waals surface area contributed by atoms with E-state index in [9.17, 15) is 4.79 Å². The quantitative estimate of drug-likeness (QED) is 0.650. The number of aromatic nitrogens is 1. The average molecular weight is 315 g/mol. The maximum Gasteiger partial charge on any atom is 0.276 e. The zero-order valence-corrected chi connectivity index (χ0v) is 13.7. The van der Waals surface area contributed by atoms with Gasteiger partial charge in [0.25, 0.3) is 5.91 Å². The van der Waals surface area contributed by atoms with Gasteiger partial charge in [-0.25, -0.2) is 5.48 Å². The molecule has 1 aromatic rings. The van der Waals surface area contributed by atoms with Crippen molar-refractivity contribution in [1.82, 2.24) is 15.4 Å². The lowest BCUT2D eigenvalue weighted by Gasteiger charge is -2.52. The van der Waals surface area contributed by atoms with Gasteiger partial charge in [0.15, 0.2) is 0 Å². The molecule has 0 saturated heterocycles. The molecule has 4 rings (SSSR count). The number of fused-ring (bicyclic) bond motifs is 1. The van der Waals surface area contributed by atoms with E-state index in [0.717, 1.165) is 36.7 Å². The lowest BCUT2D eigenvalue weighted by molar-refractivity contribution is -0.0199. The van der Waals surface area contributed by atoms with Gasteiger partial charge in [0.2, 0.25) is 0 Å². The topological polar surface area (TPSA) is 65.5 Å². The fourth-order valence-corrected chi connectivity index (χ4v) is 5.38. The number of nitrogens with zero attached hydrogens (tertiary/aromatic N) is 2. The lowest BCUT2D eigenvalue weighted by Crippen LogP contribution is -2.52. The number of carbonyl (C=O) groups excluding carboxylic acids is 1. The average Bonchev–Trinajstić information content (AvgIpc) is 2.97. The van der Waals surface area contributed by atoms with Gasteiger partial charge in [-0.05, 0) is 55.1 Å². The first-order valence-corrected chi connectivity index (χ1v) is 8.77. The van der Waals surface area contributed by atoms with Gasteiger partial charge >= 0.3 is 0 Å². The van der Waals surface area contributed by atoms with Gasteiger partial charge in [0.1, 0.15) is 0 Å². The van der Waals surface area contributed by atoms with Crippen LogP contribution in [0.3, 0.4) is 0 Å². The third kappa shape index (κ3) is 2.46. The summed E-state index contributed by atoms with van der Waals surface area (Å²) in [5.74, 6) is 0.409. The number of hydrogen-bond donors (Lipinski definition) is 2. The van der Waals surface area contributed by atoms with Crippen LogP contribution in [-0.2, 0) is 13.0 Å². The zero-order chi connectivity index (χ0) is 16.0. The summed E-state index contributed by atoms with van der Waals surface area (Å²) in [6.07, 6.45) is 9.39. The Balaban J connectivity index is 1.52. The van der Waals surface area contributed by atoms with Crippen LogP contribution in [0.4, 0.5) is 0 Å². The SMILES string of the molecule is CC1CC2(CCC[C@H]2N2CCc3cc(C(=O)NO)cnc3C2)C1. The highest BCUT2D eigenvalue weighted by molar-refractivity contribution is 5.93. The lowest BCUT2D eigenvalue weighted by atomic mass is 9.59. The molecule has 2 heterocycles. The van der Waals surface area contributed by atoms with E-state index in [1.54, 1.807) is 11.7 Å². The highest BCUT2D eigenvalue weighted by Gasteiger charge is 2.52. The molecule has 1 spiro atoms. The highest BCUT2D eigenvalue weighted by atomic mass is 16.5. The predicted octanol–water partition coefficient (Wildman–Crippen LogP) is 2.53. The first-order valence-electron chi connectivity index (χ1n) is 8.77. The largest absolute Gasteiger partial charge is 0.294 e. The number of carbonyl (C=O) groups is 1. The molecule has 1 aliphatic heterocycles. The molecule has 1 aromatic heterocycles. The normalized spacial score (nSPS) is 33.3. The van der Waals surface area contributed by atoms with Gasteiger partial charge < -0.3 is 0 Å². The Labute approximate surface area is 137 Å². The predicted molar refractivity (Wildman–Crippen MR) is 86.1 cm³/mol. The van der Waals surface area contributed by atoms with Crippen molar-refractivity contribution in [3.05, 3.63) is 29.1 Å². The van der Waals surface area contributed by atoms with E-state index in [0.29, 0.717) is 17.0 Å². The molecule has 0 radical (unpaired) electrons. The minimum absolute atomic E-state index is 0.435. The molecule has 124 valence electrons. The zero-order valence-electron chi connectivity index (χ0n) is 13.7. The fourth-order valence-electron chi connectivity index (χ4n) is 5.38. The number of nitrogens with one attached hydrogen (secondary N) is 1. The monoisotopic (exact) mass is 315 g/mol. The molecule has 5 heteroatoms. The van der Waals surface area contributed by atoms with Crippen molar-refractivity contribution in [1.29, 1.82) is 0 Å². The van der Waals surface area contributed by atoms with E-state index in [1.807, 2.05) is 6.07 Å². The summed E-state index contributed by atoms with van der Waals surface area (Å²) in [7, 11) is 0. The van der Waals surface area contributed by atoms with Gasteiger partial charge in [0, 0.05) is 25.3 Å². The molecule has 2 N–H and O–H groups in total. The number of hydrogen-bond acceptors (Lipinski definition) is 4. The first kappa shape index (κ1) is 15.1. The van der Waals surface area contributed by atoms with Gasteiger partial charge in [-0.1, -0.05) is 13.3 Å². The van der Waals surface area contributed by atoms with Crippen LogP contribution in [0.15, 0.2) is 12.3 Å². The Bertz CT molecular complexity index is 625. The van der Waals surface area contributed by atoms with Crippen LogP contribution >= 0.6 is 0 Å². The van der Waals surface area contributed by atoms with Crippen LogP contribution in [0.25, 0.3) is 0 Å². The maximum absolute atomic E-state index is 11.5. The molecule has 2 aliphatic carbocycles. The van der Waals surface area contributed by atoms with Gasteiger partial charge in [-0.15, -0.1) is 0 Å². The standard InChI is InChI=1S/C18H25N3O2/c1-12-8-18(9-12)5-2-3-16(18)21-6-4-13-7-14(17(22)20-23)10-19-15(13)11-21/h7,10,12,16,23H,2-6,8-9,11H2,1H3,(H,20,22)/t12?,16-,18?/m1/s1. The minimum Gasteiger partial charge on any atom is -0.294 e. The summed E-state index contributed by atoms with van der Waals surface area (Å²) in [6, 6.07) is 2.59. The van der Waals surface area contributed by atoms with Crippen molar-refractivity contribution < 1.29 is 10.0 Å². The van der Waals surface area contributed by atoms with Crippen molar-refractivity contribution in [2.45, 2.75) is 58.0 Å². The molecule has 1 amide bonds. The molecule has 0 bridgehead atoms. The molecule has 2 saturated carbocycles. The van der Waals surface area contributed by atoms with Crippen molar-refractivity contribution in [3.63, 3.8) is 0 Å². The maximum atomic E-state index is 11.5. The Morgan fingerprint density at radius 2 is 2.30 bits per heavy atom. The number of amides is 1. The molecule has 5 nitrogen and oxygen atoms in total.